The van der Waals surface area contributed by atoms with Crippen molar-refractivity contribution in [1.29, 1.82) is 0 Å². The molecule has 0 aliphatic carbocycles. The number of rotatable bonds is 6. The number of nitrogens with zero attached hydrogens (tertiary/aromatic N) is 2. The van der Waals surface area contributed by atoms with Crippen molar-refractivity contribution < 1.29 is 22.3 Å². The molecule has 0 unspecified atom stereocenters. The first kappa shape index (κ1) is 22.8. The molecule has 2 aromatic carbocycles. The van der Waals surface area contributed by atoms with Crippen LogP contribution in [0.1, 0.15) is 5.69 Å². The number of morpholine rings is 1. The van der Waals surface area contributed by atoms with Gasteiger partial charge in [0.2, 0.25) is 15.9 Å². The molecule has 1 aromatic heterocycles. The molecule has 0 saturated carbocycles. The number of thiazole rings is 1. The molecule has 0 radical (unpaired) electrons. The summed E-state index contributed by atoms with van der Waals surface area (Å²) in [6.07, 6.45) is -0.0139. The first-order valence-electron chi connectivity index (χ1n) is 9.70. The zero-order chi connectivity index (χ0) is 22.7. The fourth-order valence-electron chi connectivity index (χ4n) is 3.22. The Bertz CT molecular complexity index is 1240. The van der Waals surface area contributed by atoms with Crippen LogP contribution in [0.3, 0.4) is 0 Å². The molecule has 1 N–H and O–H groups in total. The molecule has 7 nitrogen and oxygen atoms in total. The van der Waals surface area contributed by atoms with Crippen molar-refractivity contribution in [2.45, 2.75) is 11.3 Å². The van der Waals surface area contributed by atoms with Gasteiger partial charge in [0.25, 0.3) is 0 Å². The highest BCUT2D eigenvalue weighted by molar-refractivity contribution is 7.89. The van der Waals surface area contributed by atoms with Gasteiger partial charge in [0.05, 0.1) is 25.3 Å². The fourth-order valence-corrected chi connectivity index (χ4v) is 5.72. The van der Waals surface area contributed by atoms with Crippen molar-refractivity contribution in [3.63, 3.8) is 0 Å². The highest BCUT2D eigenvalue weighted by Crippen LogP contribution is 2.27. The number of carbonyl (C=O) groups is 1. The second kappa shape index (κ2) is 9.63. The second-order valence-electron chi connectivity index (χ2n) is 7.04. The Labute approximate surface area is 193 Å². The molecule has 1 amide bonds. The van der Waals surface area contributed by atoms with Crippen molar-refractivity contribution in [2.24, 2.45) is 0 Å². The Balaban J connectivity index is 1.47. The summed E-state index contributed by atoms with van der Waals surface area (Å²) in [5, 5.41) is 5.72. The Morgan fingerprint density at radius 2 is 2.00 bits per heavy atom. The maximum atomic E-state index is 14.3. The van der Waals surface area contributed by atoms with Gasteiger partial charge < -0.3 is 10.1 Å². The van der Waals surface area contributed by atoms with Crippen molar-refractivity contribution >= 4 is 44.6 Å². The lowest BCUT2D eigenvalue weighted by atomic mass is 10.2. The van der Waals surface area contributed by atoms with Crippen LogP contribution in [0, 0.1) is 5.82 Å². The molecule has 0 spiro atoms. The van der Waals surface area contributed by atoms with Crippen LogP contribution in [0.15, 0.2) is 52.7 Å². The molecule has 0 atom stereocenters. The topological polar surface area (TPSA) is 88.6 Å². The van der Waals surface area contributed by atoms with E-state index in [0.29, 0.717) is 10.7 Å². The Morgan fingerprint density at radius 3 is 2.75 bits per heavy atom. The van der Waals surface area contributed by atoms with E-state index in [1.165, 1.54) is 21.7 Å². The molecule has 4 rings (SSSR count). The van der Waals surface area contributed by atoms with Gasteiger partial charge in [-0.1, -0.05) is 23.7 Å². The minimum atomic E-state index is -4.04. The molecular formula is C21H19ClFN3O4S2. The lowest BCUT2D eigenvalue weighted by Gasteiger charge is -2.26. The van der Waals surface area contributed by atoms with E-state index in [2.05, 4.69) is 10.3 Å². The number of aromatic nitrogens is 1. The molecule has 0 bridgehead atoms. The quantitative estimate of drug-likeness (QED) is 0.562. The number of ether oxygens (including phenoxy) is 1. The Kier molecular flexibility index (Phi) is 6.87. The minimum absolute atomic E-state index is 0.0139. The molecule has 1 saturated heterocycles. The van der Waals surface area contributed by atoms with Crippen LogP contribution in [0.4, 0.5) is 10.1 Å². The molecule has 1 aliphatic rings. The van der Waals surface area contributed by atoms with E-state index in [9.17, 15) is 17.6 Å². The van der Waals surface area contributed by atoms with E-state index in [0.717, 1.165) is 22.7 Å². The van der Waals surface area contributed by atoms with Gasteiger partial charge in [0, 0.05) is 34.7 Å². The van der Waals surface area contributed by atoms with E-state index >= 15 is 0 Å². The van der Waals surface area contributed by atoms with Gasteiger partial charge in [-0.2, -0.15) is 4.31 Å². The van der Waals surface area contributed by atoms with Crippen LogP contribution in [-0.2, 0) is 26.0 Å². The van der Waals surface area contributed by atoms with Crippen LogP contribution < -0.4 is 5.32 Å². The number of sulfonamides is 1. The number of carbonyl (C=O) groups excluding carboxylic acids is 1. The number of nitrogens with one attached hydrogen (secondary N) is 1. The second-order valence-corrected chi connectivity index (χ2v) is 10.2. The number of halogens is 2. The van der Waals surface area contributed by atoms with Gasteiger partial charge >= 0.3 is 0 Å². The molecule has 168 valence electrons. The van der Waals surface area contributed by atoms with Crippen LogP contribution in [0.5, 0.6) is 0 Å². The number of hydrogen-bond acceptors (Lipinski definition) is 6. The Morgan fingerprint density at radius 1 is 1.22 bits per heavy atom. The van der Waals surface area contributed by atoms with Gasteiger partial charge in [0.15, 0.2) is 0 Å². The van der Waals surface area contributed by atoms with Crippen molar-refractivity contribution in [2.75, 3.05) is 31.6 Å². The van der Waals surface area contributed by atoms with Gasteiger partial charge in [0.1, 0.15) is 15.7 Å². The number of benzene rings is 2. The fraction of sp³-hybridized carbons (Fsp3) is 0.238. The molecule has 32 heavy (non-hydrogen) atoms. The SMILES string of the molecule is O=C(Cc1csc(-c2cccc(Cl)c2)n1)Nc1ccc(F)c(S(=O)(=O)N2CCOCC2)c1. The first-order chi connectivity index (χ1) is 15.3. The average Bonchev–Trinajstić information content (AvgIpc) is 3.24. The summed E-state index contributed by atoms with van der Waals surface area (Å²) in [4.78, 5) is 16.5. The lowest BCUT2D eigenvalue weighted by molar-refractivity contribution is -0.115. The minimum Gasteiger partial charge on any atom is -0.379 e. The molecule has 11 heteroatoms. The molecule has 1 fully saturated rings. The zero-order valence-corrected chi connectivity index (χ0v) is 19.1. The number of hydrogen-bond donors (Lipinski definition) is 1. The highest BCUT2D eigenvalue weighted by Gasteiger charge is 2.29. The predicted octanol–water partition coefficient (Wildman–Crippen LogP) is 3.80. The van der Waals surface area contributed by atoms with Gasteiger partial charge in [-0.05, 0) is 30.3 Å². The average molecular weight is 496 g/mol. The third-order valence-corrected chi connectivity index (χ3v) is 7.86. The molecule has 2 heterocycles. The maximum absolute atomic E-state index is 14.3. The van der Waals surface area contributed by atoms with Crippen molar-refractivity contribution in [3.05, 3.63) is 64.4 Å². The van der Waals surface area contributed by atoms with E-state index in [1.807, 2.05) is 12.1 Å². The maximum Gasteiger partial charge on any atom is 0.246 e. The normalized spacial score (nSPS) is 14.9. The van der Waals surface area contributed by atoms with E-state index in [4.69, 9.17) is 16.3 Å². The summed E-state index contributed by atoms with van der Waals surface area (Å²) < 4.78 is 46.3. The van der Waals surface area contributed by atoms with Crippen LogP contribution in [-0.4, -0.2) is 49.9 Å². The third-order valence-electron chi connectivity index (χ3n) is 4.77. The third kappa shape index (κ3) is 5.16. The summed E-state index contributed by atoms with van der Waals surface area (Å²) >= 11 is 7.40. The molecule has 1 aliphatic heterocycles. The summed E-state index contributed by atoms with van der Waals surface area (Å²) in [6.45, 7) is 0.804. The number of amides is 1. The van der Waals surface area contributed by atoms with Crippen LogP contribution in [0.25, 0.3) is 10.6 Å². The number of anilines is 1. The standard InChI is InChI=1S/C21H19ClFN3O4S2/c22-15-3-1-2-14(10-15)21-25-17(13-31-21)12-20(27)24-16-4-5-18(23)19(11-16)32(28,29)26-6-8-30-9-7-26/h1-5,10-11,13H,6-9,12H2,(H,24,27). The van der Waals surface area contributed by atoms with Gasteiger partial charge in [-0.25, -0.2) is 17.8 Å². The smallest absolute Gasteiger partial charge is 0.246 e. The van der Waals surface area contributed by atoms with Crippen molar-refractivity contribution in [1.82, 2.24) is 9.29 Å². The monoisotopic (exact) mass is 495 g/mol. The van der Waals surface area contributed by atoms with E-state index in [1.54, 1.807) is 17.5 Å². The molecular weight excluding hydrogens is 477 g/mol. The molecule has 3 aromatic rings. The summed E-state index contributed by atoms with van der Waals surface area (Å²) in [6, 6.07) is 10.7. The van der Waals surface area contributed by atoms with Gasteiger partial charge in [-0.15, -0.1) is 11.3 Å². The predicted molar refractivity (Wildman–Crippen MR) is 121 cm³/mol. The van der Waals surface area contributed by atoms with Crippen molar-refractivity contribution in [3.8, 4) is 10.6 Å². The zero-order valence-electron chi connectivity index (χ0n) is 16.8. The first-order valence-corrected chi connectivity index (χ1v) is 12.4. The van der Waals surface area contributed by atoms with Gasteiger partial charge in [-0.3, -0.25) is 4.79 Å². The van der Waals surface area contributed by atoms with Crippen LogP contribution in [0.2, 0.25) is 5.02 Å². The Hall–Kier alpha value is -2.37. The summed E-state index contributed by atoms with van der Waals surface area (Å²) in [7, 11) is -4.04. The van der Waals surface area contributed by atoms with E-state index in [-0.39, 0.29) is 38.4 Å². The lowest BCUT2D eigenvalue weighted by Crippen LogP contribution is -2.40. The summed E-state index contributed by atoms with van der Waals surface area (Å²) in [5.74, 6) is -1.27. The largest absolute Gasteiger partial charge is 0.379 e. The van der Waals surface area contributed by atoms with E-state index < -0.39 is 26.6 Å². The summed E-state index contributed by atoms with van der Waals surface area (Å²) in [5.41, 5.74) is 1.60. The van der Waals surface area contributed by atoms with Crippen LogP contribution >= 0.6 is 22.9 Å². The highest BCUT2D eigenvalue weighted by atomic mass is 35.5.